The molecular formula is C21H40IN5O2. The lowest BCUT2D eigenvalue weighted by Gasteiger charge is -2.35. The summed E-state index contributed by atoms with van der Waals surface area (Å²) in [5, 5.41) is 7.06. The predicted molar refractivity (Wildman–Crippen MR) is 128 cm³/mol. The molecule has 3 rings (SSSR count). The van der Waals surface area contributed by atoms with Crippen molar-refractivity contribution in [2.24, 2.45) is 16.3 Å². The lowest BCUT2D eigenvalue weighted by atomic mass is 9.84. The number of guanidine groups is 1. The Balaban J connectivity index is 0.00000300. The highest BCUT2D eigenvalue weighted by Gasteiger charge is 2.42. The smallest absolute Gasteiger partial charge is 0.230 e. The first-order valence-corrected chi connectivity index (χ1v) is 11.0. The van der Waals surface area contributed by atoms with Crippen LogP contribution in [0, 0.1) is 11.3 Å². The van der Waals surface area contributed by atoms with E-state index in [0.717, 1.165) is 76.7 Å². The second-order valence-electron chi connectivity index (χ2n) is 9.06. The Labute approximate surface area is 193 Å². The van der Waals surface area contributed by atoms with E-state index in [0.29, 0.717) is 12.6 Å². The third-order valence-corrected chi connectivity index (χ3v) is 6.71. The molecule has 0 spiro atoms. The second-order valence-corrected chi connectivity index (χ2v) is 9.06. The van der Waals surface area contributed by atoms with Crippen molar-refractivity contribution in [3.8, 4) is 0 Å². The molecule has 1 aliphatic carbocycles. The number of carbonyl (C=O) groups is 1. The lowest BCUT2D eigenvalue weighted by molar-refractivity contribution is -0.138. The van der Waals surface area contributed by atoms with E-state index in [9.17, 15) is 4.79 Å². The van der Waals surface area contributed by atoms with Crippen molar-refractivity contribution >= 4 is 35.8 Å². The van der Waals surface area contributed by atoms with Crippen LogP contribution in [0.15, 0.2) is 4.99 Å². The molecule has 7 nitrogen and oxygen atoms in total. The van der Waals surface area contributed by atoms with Crippen LogP contribution < -0.4 is 10.6 Å². The average Bonchev–Trinajstić information content (AvgIpc) is 3.38. The number of carbonyl (C=O) groups excluding carboxylic acids is 1. The standard InChI is InChI=1S/C21H39N5O2.HI/c1-22-20(23-16-21(9-4-5-10-21)19(27)25(2)3)24-18-6-11-26(12-7-18)14-17-8-13-28-15-17;/h17-18H,4-16H2,1-3H3,(H2,22,23,24);1H. The third kappa shape index (κ3) is 6.69. The molecule has 8 heteroatoms. The van der Waals surface area contributed by atoms with Crippen LogP contribution in [-0.4, -0.2) is 88.2 Å². The molecule has 2 heterocycles. The highest BCUT2D eigenvalue weighted by atomic mass is 127. The number of halogens is 1. The molecule has 0 aromatic rings. The highest BCUT2D eigenvalue weighted by Crippen LogP contribution is 2.38. The van der Waals surface area contributed by atoms with E-state index >= 15 is 0 Å². The Hall–Kier alpha value is -0.610. The molecule has 1 unspecified atom stereocenters. The quantitative estimate of drug-likeness (QED) is 0.318. The molecule has 2 saturated heterocycles. The Morgan fingerprint density at radius 1 is 1.21 bits per heavy atom. The van der Waals surface area contributed by atoms with Gasteiger partial charge in [0, 0.05) is 60.0 Å². The highest BCUT2D eigenvalue weighted by molar-refractivity contribution is 14.0. The molecule has 1 amide bonds. The third-order valence-electron chi connectivity index (χ3n) is 6.71. The van der Waals surface area contributed by atoms with Crippen LogP contribution >= 0.6 is 24.0 Å². The molecule has 0 aromatic heterocycles. The summed E-state index contributed by atoms with van der Waals surface area (Å²) >= 11 is 0. The summed E-state index contributed by atoms with van der Waals surface area (Å²) in [6.45, 7) is 5.98. The van der Waals surface area contributed by atoms with Crippen molar-refractivity contribution in [1.29, 1.82) is 0 Å². The van der Waals surface area contributed by atoms with E-state index in [1.807, 2.05) is 21.1 Å². The first kappa shape index (κ1) is 24.7. The Bertz CT molecular complexity index is 537. The van der Waals surface area contributed by atoms with Gasteiger partial charge >= 0.3 is 0 Å². The maximum Gasteiger partial charge on any atom is 0.230 e. The molecular weight excluding hydrogens is 481 g/mol. The Morgan fingerprint density at radius 3 is 2.45 bits per heavy atom. The van der Waals surface area contributed by atoms with Crippen LogP contribution in [0.1, 0.15) is 44.9 Å². The van der Waals surface area contributed by atoms with Gasteiger partial charge in [-0.05, 0) is 38.0 Å². The normalized spacial score (nSPS) is 25.5. The minimum atomic E-state index is -0.270. The molecule has 2 N–H and O–H groups in total. The molecule has 1 saturated carbocycles. The largest absolute Gasteiger partial charge is 0.381 e. The summed E-state index contributed by atoms with van der Waals surface area (Å²) in [6, 6.07) is 0.450. The maximum absolute atomic E-state index is 12.7. The number of piperidine rings is 1. The van der Waals surface area contributed by atoms with Crippen molar-refractivity contribution in [2.45, 2.75) is 51.0 Å². The Morgan fingerprint density at radius 2 is 1.90 bits per heavy atom. The summed E-state index contributed by atoms with van der Waals surface area (Å²) in [5.41, 5.74) is -0.270. The number of hydrogen-bond acceptors (Lipinski definition) is 4. The van der Waals surface area contributed by atoms with Gasteiger partial charge in [-0.1, -0.05) is 12.8 Å². The lowest BCUT2D eigenvalue weighted by Crippen LogP contribution is -2.52. The van der Waals surface area contributed by atoms with Gasteiger partial charge < -0.3 is 25.2 Å². The van der Waals surface area contributed by atoms with E-state index in [1.165, 1.54) is 13.0 Å². The van der Waals surface area contributed by atoms with E-state index < -0.39 is 0 Å². The summed E-state index contributed by atoms with van der Waals surface area (Å²) in [4.78, 5) is 21.5. The predicted octanol–water partition coefficient (Wildman–Crippen LogP) is 1.92. The zero-order chi connectivity index (χ0) is 20.0. The SMILES string of the molecule is CN=C(NCC1(C(=O)N(C)C)CCCC1)NC1CCN(CC2CCOC2)CC1.I. The van der Waals surface area contributed by atoms with E-state index in [1.54, 1.807) is 4.90 Å². The number of likely N-dealkylation sites (tertiary alicyclic amines) is 1. The van der Waals surface area contributed by atoms with Crippen LogP contribution in [0.3, 0.4) is 0 Å². The summed E-state index contributed by atoms with van der Waals surface area (Å²) in [7, 11) is 5.54. The molecule has 3 aliphatic rings. The van der Waals surface area contributed by atoms with Crippen LogP contribution in [0.25, 0.3) is 0 Å². The molecule has 0 bridgehead atoms. The summed E-state index contributed by atoms with van der Waals surface area (Å²) in [5.74, 6) is 1.80. The fraction of sp³-hybridized carbons (Fsp3) is 0.905. The molecule has 0 radical (unpaired) electrons. The molecule has 2 aliphatic heterocycles. The number of ether oxygens (including phenoxy) is 1. The number of nitrogens with one attached hydrogen (secondary N) is 2. The minimum Gasteiger partial charge on any atom is -0.381 e. The van der Waals surface area contributed by atoms with Crippen molar-refractivity contribution in [3.63, 3.8) is 0 Å². The molecule has 29 heavy (non-hydrogen) atoms. The number of aliphatic imine (C=N–C) groups is 1. The van der Waals surface area contributed by atoms with Gasteiger partial charge in [0.2, 0.25) is 5.91 Å². The van der Waals surface area contributed by atoms with Gasteiger partial charge in [0.15, 0.2) is 5.96 Å². The van der Waals surface area contributed by atoms with Crippen molar-refractivity contribution in [1.82, 2.24) is 20.4 Å². The van der Waals surface area contributed by atoms with Crippen LogP contribution in [0.5, 0.6) is 0 Å². The molecule has 0 aromatic carbocycles. The maximum atomic E-state index is 12.7. The topological polar surface area (TPSA) is 69.2 Å². The zero-order valence-corrected chi connectivity index (χ0v) is 20.7. The summed E-state index contributed by atoms with van der Waals surface area (Å²) < 4.78 is 5.51. The number of amides is 1. The van der Waals surface area contributed by atoms with Crippen molar-refractivity contribution in [2.75, 3.05) is 60.5 Å². The average molecular weight is 521 g/mol. The van der Waals surface area contributed by atoms with E-state index in [2.05, 4.69) is 20.5 Å². The van der Waals surface area contributed by atoms with Gasteiger partial charge in [0.1, 0.15) is 0 Å². The molecule has 168 valence electrons. The van der Waals surface area contributed by atoms with Gasteiger partial charge in [0.25, 0.3) is 0 Å². The number of nitrogens with zero attached hydrogens (tertiary/aromatic N) is 3. The summed E-state index contributed by atoms with van der Waals surface area (Å²) in [6.07, 6.45) is 7.69. The monoisotopic (exact) mass is 521 g/mol. The van der Waals surface area contributed by atoms with Crippen LogP contribution in [0.2, 0.25) is 0 Å². The van der Waals surface area contributed by atoms with Crippen LogP contribution in [-0.2, 0) is 9.53 Å². The zero-order valence-electron chi connectivity index (χ0n) is 18.4. The van der Waals surface area contributed by atoms with Gasteiger partial charge in [0.05, 0.1) is 12.0 Å². The van der Waals surface area contributed by atoms with Crippen molar-refractivity contribution in [3.05, 3.63) is 0 Å². The van der Waals surface area contributed by atoms with Crippen molar-refractivity contribution < 1.29 is 9.53 Å². The van der Waals surface area contributed by atoms with Gasteiger partial charge in [-0.25, -0.2) is 0 Å². The molecule has 1 atom stereocenters. The molecule has 3 fully saturated rings. The fourth-order valence-corrected chi connectivity index (χ4v) is 4.99. The number of rotatable bonds is 6. The number of hydrogen-bond donors (Lipinski definition) is 2. The van der Waals surface area contributed by atoms with Crippen LogP contribution in [0.4, 0.5) is 0 Å². The van der Waals surface area contributed by atoms with Gasteiger partial charge in [-0.3, -0.25) is 9.79 Å². The second kappa shape index (κ2) is 11.7. The first-order valence-electron chi connectivity index (χ1n) is 11.0. The Kier molecular flexibility index (Phi) is 9.94. The van der Waals surface area contributed by atoms with Gasteiger partial charge in [-0.2, -0.15) is 0 Å². The minimum absolute atomic E-state index is 0. The van der Waals surface area contributed by atoms with E-state index in [4.69, 9.17) is 4.74 Å². The fourth-order valence-electron chi connectivity index (χ4n) is 4.99. The first-order chi connectivity index (χ1) is 13.5. The van der Waals surface area contributed by atoms with Gasteiger partial charge in [-0.15, -0.1) is 24.0 Å². The van der Waals surface area contributed by atoms with E-state index in [-0.39, 0.29) is 35.3 Å².